The van der Waals surface area contributed by atoms with E-state index < -0.39 is 0 Å². The van der Waals surface area contributed by atoms with E-state index >= 15 is 0 Å². The number of aromatic nitrogens is 3. The van der Waals surface area contributed by atoms with Gasteiger partial charge in [0.25, 0.3) is 0 Å². The van der Waals surface area contributed by atoms with E-state index in [-0.39, 0.29) is 5.28 Å². The van der Waals surface area contributed by atoms with Gasteiger partial charge >= 0.3 is 0 Å². The van der Waals surface area contributed by atoms with Crippen molar-refractivity contribution in [2.75, 3.05) is 30.4 Å². The van der Waals surface area contributed by atoms with Crippen LogP contribution >= 0.6 is 11.6 Å². The molecule has 18 heavy (non-hydrogen) atoms. The minimum atomic E-state index is 0.259. The Morgan fingerprint density at radius 2 is 1.94 bits per heavy atom. The van der Waals surface area contributed by atoms with Crippen LogP contribution in [0.15, 0.2) is 0 Å². The summed E-state index contributed by atoms with van der Waals surface area (Å²) < 4.78 is 0. The summed E-state index contributed by atoms with van der Waals surface area (Å²) >= 11 is 5.97. The number of rotatable bonds is 2. The van der Waals surface area contributed by atoms with E-state index in [9.17, 15) is 0 Å². The predicted octanol–water partition coefficient (Wildman–Crippen LogP) is 2.22. The van der Waals surface area contributed by atoms with Gasteiger partial charge in [-0.25, -0.2) is 0 Å². The zero-order valence-electron chi connectivity index (χ0n) is 11.4. The van der Waals surface area contributed by atoms with Gasteiger partial charge in [-0.2, -0.15) is 15.0 Å². The van der Waals surface area contributed by atoms with Crippen LogP contribution in [-0.4, -0.2) is 41.6 Å². The standard InChI is InChI=1S/C12H20ClN5/c1-8-5-6-18(9(2)7-8)12-15-10(13)14-11(16-12)17(3)4/h8-9H,5-7H2,1-4H3. The SMILES string of the molecule is CC1CCN(c2nc(Cl)nc(N(C)C)n2)C(C)C1. The van der Waals surface area contributed by atoms with E-state index in [1.54, 1.807) is 0 Å². The maximum Gasteiger partial charge on any atom is 0.231 e. The Hall–Kier alpha value is -1.10. The summed E-state index contributed by atoms with van der Waals surface area (Å²) in [6.45, 7) is 5.48. The second-order valence-electron chi connectivity index (χ2n) is 5.27. The Balaban J connectivity index is 2.27. The summed E-state index contributed by atoms with van der Waals surface area (Å²) in [6.07, 6.45) is 2.34. The molecule has 1 aromatic rings. The van der Waals surface area contributed by atoms with E-state index in [2.05, 4.69) is 33.7 Å². The fourth-order valence-corrected chi connectivity index (χ4v) is 2.51. The van der Waals surface area contributed by atoms with E-state index in [0.717, 1.165) is 12.5 Å². The average Bonchev–Trinajstić information content (AvgIpc) is 2.27. The molecule has 1 fully saturated rings. The Labute approximate surface area is 113 Å². The second kappa shape index (κ2) is 5.26. The maximum absolute atomic E-state index is 5.97. The molecule has 2 unspecified atom stereocenters. The Bertz CT molecular complexity index is 423. The van der Waals surface area contributed by atoms with Crippen LogP contribution < -0.4 is 9.80 Å². The molecular weight excluding hydrogens is 250 g/mol. The van der Waals surface area contributed by atoms with Gasteiger partial charge in [0.05, 0.1) is 0 Å². The zero-order chi connectivity index (χ0) is 13.3. The number of piperidine rings is 1. The molecule has 1 aliphatic rings. The molecule has 2 rings (SSSR count). The van der Waals surface area contributed by atoms with Crippen LogP contribution in [0, 0.1) is 5.92 Å². The Morgan fingerprint density at radius 3 is 2.56 bits per heavy atom. The first-order valence-corrected chi connectivity index (χ1v) is 6.70. The lowest BCUT2D eigenvalue weighted by Gasteiger charge is -2.36. The molecule has 6 heteroatoms. The molecular formula is C12H20ClN5. The lowest BCUT2D eigenvalue weighted by Crippen LogP contribution is -2.41. The quantitative estimate of drug-likeness (QED) is 0.824. The highest BCUT2D eigenvalue weighted by Crippen LogP contribution is 2.26. The molecule has 100 valence electrons. The third-order valence-electron chi connectivity index (χ3n) is 3.38. The maximum atomic E-state index is 5.97. The normalized spacial score (nSPS) is 24.2. The van der Waals surface area contributed by atoms with Crippen LogP contribution in [0.4, 0.5) is 11.9 Å². The molecule has 2 heterocycles. The van der Waals surface area contributed by atoms with E-state index in [1.807, 2.05) is 19.0 Å². The minimum Gasteiger partial charge on any atom is -0.347 e. The van der Waals surface area contributed by atoms with Crippen molar-refractivity contribution in [1.82, 2.24) is 15.0 Å². The molecule has 1 aromatic heterocycles. The van der Waals surface area contributed by atoms with Gasteiger partial charge < -0.3 is 9.80 Å². The number of anilines is 2. The molecule has 5 nitrogen and oxygen atoms in total. The molecule has 0 spiro atoms. The van der Waals surface area contributed by atoms with Gasteiger partial charge in [0, 0.05) is 26.7 Å². The van der Waals surface area contributed by atoms with Crippen LogP contribution in [0.2, 0.25) is 5.28 Å². The van der Waals surface area contributed by atoms with Crippen LogP contribution in [0.1, 0.15) is 26.7 Å². The lowest BCUT2D eigenvalue weighted by molar-refractivity contribution is 0.373. The Kier molecular flexibility index (Phi) is 3.90. The average molecular weight is 270 g/mol. The summed E-state index contributed by atoms with van der Waals surface area (Å²) in [5.41, 5.74) is 0. The highest BCUT2D eigenvalue weighted by atomic mass is 35.5. The number of hydrogen-bond acceptors (Lipinski definition) is 5. The first-order valence-electron chi connectivity index (χ1n) is 6.33. The number of nitrogens with zero attached hydrogens (tertiary/aromatic N) is 5. The van der Waals surface area contributed by atoms with Crippen molar-refractivity contribution in [2.24, 2.45) is 5.92 Å². The first-order chi connectivity index (χ1) is 8.47. The molecule has 0 saturated carbocycles. The van der Waals surface area contributed by atoms with Crippen molar-refractivity contribution in [3.63, 3.8) is 0 Å². The second-order valence-corrected chi connectivity index (χ2v) is 5.61. The fraction of sp³-hybridized carbons (Fsp3) is 0.750. The molecule has 0 bridgehead atoms. The molecule has 1 aliphatic heterocycles. The summed E-state index contributed by atoms with van der Waals surface area (Å²) in [7, 11) is 3.80. The predicted molar refractivity (Wildman–Crippen MR) is 74.4 cm³/mol. The van der Waals surface area contributed by atoms with Crippen LogP contribution in [0.3, 0.4) is 0 Å². The summed E-state index contributed by atoms with van der Waals surface area (Å²) in [4.78, 5) is 16.9. The van der Waals surface area contributed by atoms with Gasteiger partial charge in [-0.3, -0.25) is 0 Å². The monoisotopic (exact) mass is 269 g/mol. The molecule has 0 amide bonds. The van der Waals surface area contributed by atoms with E-state index in [4.69, 9.17) is 11.6 Å². The largest absolute Gasteiger partial charge is 0.347 e. The van der Waals surface area contributed by atoms with Crippen LogP contribution in [0.5, 0.6) is 0 Å². The molecule has 2 atom stereocenters. The molecule has 0 aromatic carbocycles. The van der Waals surface area contributed by atoms with Gasteiger partial charge in [-0.15, -0.1) is 0 Å². The van der Waals surface area contributed by atoms with Gasteiger partial charge in [-0.1, -0.05) is 6.92 Å². The highest BCUT2D eigenvalue weighted by molar-refractivity contribution is 6.28. The van der Waals surface area contributed by atoms with Crippen molar-refractivity contribution in [2.45, 2.75) is 32.7 Å². The molecule has 0 aliphatic carbocycles. The molecule has 0 radical (unpaired) electrons. The topological polar surface area (TPSA) is 45.2 Å². The number of halogens is 1. The van der Waals surface area contributed by atoms with Crippen LogP contribution in [0.25, 0.3) is 0 Å². The zero-order valence-corrected chi connectivity index (χ0v) is 12.1. The van der Waals surface area contributed by atoms with Gasteiger partial charge in [0.15, 0.2) is 0 Å². The van der Waals surface area contributed by atoms with Gasteiger partial charge in [-0.05, 0) is 37.3 Å². The minimum absolute atomic E-state index is 0.259. The smallest absolute Gasteiger partial charge is 0.231 e. The first kappa shape index (κ1) is 13.3. The molecule has 1 saturated heterocycles. The highest BCUT2D eigenvalue weighted by Gasteiger charge is 2.25. The summed E-state index contributed by atoms with van der Waals surface area (Å²) in [5.74, 6) is 2.07. The Morgan fingerprint density at radius 1 is 1.22 bits per heavy atom. The summed E-state index contributed by atoms with van der Waals surface area (Å²) in [5, 5.41) is 0.259. The molecule has 0 N–H and O–H groups in total. The lowest BCUT2D eigenvalue weighted by atomic mass is 9.94. The van der Waals surface area contributed by atoms with Gasteiger partial charge in [0.2, 0.25) is 17.2 Å². The van der Waals surface area contributed by atoms with Crippen molar-refractivity contribution in [3.8, 4) is 0 Å². The van der Waals surface area contributed by atoms with Crippen molar-refractivity contribution < 1.29 is 0 Å². The van der Waals surface area contributed by atoms with E-state index in [0.29, 0.717) is 17.9 Å². The number of hydrogen-bond donors (Lipinski definition) is 0. The fourth-order valence-electron chi connectivity index (χ4n) is 2.36. The third-order valence-corrected chi connectivity index (χ3v) is 3.55. The van der Waals surface area contributed by atoms with Crippen LogP contribution in [-0.2, 0) is 0 Å². The van der Waals surface area contributed by atoms with E-state index in [1.165, 1.54) is 12.8 Å². The summed E-state index contributed by atoms with van der Waals surface area (Å²) in [6, 6.07) is 0.447. The van der Waals surface area contributed by atoms with Crippen molar-refractivity contribution in [1.29, 1.82) is 0 Å². The van der Waals surface area contributed by atoms with Gasteiger partial charge in [0.1, 0.15) is 0 Å². The van der Waals surface area contributed by atoms with Crippen molar-refractivity contribution >= 4 is 23.5 Å². The third kappa shape index (κ3) is 2.83. The van der Waals surface area contributed by atoms with Crippen molar-refractivity contribution in [3.05, 3.63) is 5.28 Å².